The topological polar surface area (TPSA) is 32.9 Å². The quantitative estimate of drug-likeness (QED) is 0.520. The lowest BCUT2D eigenvalue weighted by Gasteiger charge is -2.15. The number of carbonyl (C=O) groups is 1. The van der Waals surface area contributed by atoms with E-state index < -0.39 is 0 Å². The predicted octanol–water partition coefficient (Wildman–Crippen LogP) is 4.14. The number of ketones is 1. The van der Waals surface area contributed by atoms with Crippen LogP contribution in [-0.4, -0.2) is 10.8 Å². The minimum atomic E-state index is 0.101. The Morgan fingerprint density at radius 3 is 2.56 bits per heavy atom. The van der Waals surface area contributed by atoms with E-state index in [1.807, 2.05) is 42.6 Å². The molecule has 86 valence electrons. The number of rotatable bonds is 0. The predicted molar refractivity (Wildman–Crippen MR) is 74.9 cm³/mol. The third-order valence-electron chi connectivity index (χ3n) is 3.45. The maximum atomic E-state index is 12.5. The van der Waals surface area contributed by atoms with Crippen molar-refractivity contribution in [2.75, 3.05) is 0 Å². The number of halogens is 1. The minimum absolute atomic E-state index is 0.101. The van der Waals surface area contributed by atoms with Gasteiger partial charge in [0.25, 0.3) is 0 Å². The van der Waals surface area contributed by atoms with Crippen LogP contribution < -0.4 is 0 Å². The number of benzene rings is 2. The van der Waals surface area contributed by atoms with Gasteiger partial charge in [0, 0.05) is 38.3 Å². The third kappa shape index (κ3) is 1.14. The zero-order chi connectivity index (χ0) is 12.3. The van der Waals surface area contributed by atoms with Crippen LogP contribution in [0.1, 0.15) is 15.9 Å². The molecule has 0 spiro atoms. The van der Waals surface area contributed by atoms with Crippen molar-refractivity contribution < 1.29 is 4.79 Å². The Morgan fingerprint density at radius 2 is 1.72 bits per heavy atom. The highest BCUT2D eigenvalue weighted by Crippen LogP contribution is 2.40. The van der Waals surface area contributed by atoms with Crippen LogP contribution in [0, 0.1) is 0 Å². The first-order valence-electron chi connectivity index (χ1n) is 5.70. The molecule has 0 amide bonds. The number of nitrogens with one attached hydrogen (secondary N) is 1. The highest BCUT2D eigenvalue weighted by atomic mass is 79.9. The van der Waals surface area contributed by atoms with E-state index in [0.717, 1.165) is 37.6 Å². The SMILES string of the molecule is O=C1c2ccccc2-c2c[nH]c3cc(Br)cc1c23. The molecular weight excluding hydrogens is 290 g/mol. The summed E-state index contributed by atoms with van der Waals surface area (Å²) in [6, 6.07) is 11.7. The Kier molecular flexibility index (Phi) is 1.87. The van der Waals surface area contributed by atoms with E-state index in [1.54, 1.807) is 0 Å². The molecule has 2 aromatic carbocycles. The van der Waals surface area contributed by atoms with Gasteiger partial charge in [-0.05, 0) is 17.7 Å². The maximum Gasteiger partial charge on any atom is 0.194 e. The standard InChI is InChI=1S/C15H8BrNO/c16-8-5-11-14-12(7-17-13(14)6-8)9-3-1-2-4-10(9)15(11)18/h1-7,17H. The van der Waals surface area contributed by atoms with Crippen molar-refractivity contribution in [2.45, 2.75) is 0 Å². The molecule has 0 saturated heterocycles. The summed E-state index contributed by atoms with van der Waals surface area (Å²) in [6.07, 6.45) is 1.98. The van der Waals surface area contributed by atoms with E-state index in [9.17, 15) is 4.79 Å². The van der Waals surface area contributed by atoms with Crippen LogP contribution in [0.3, 0.4) is 0 Å². The Labute approximate surface area is 112 Å². The van der Waals surface area contributed by atoms with Crippen LogP contribution in [-0.2, 0) is 0 Å². The molecule has 4 rings (SSSR count). The number of aromatic amines is 1. The molecular formula is C15H8BrNO. The van der Waals surface area contributed by atoms with E-state index in [4.69, 9.17) is 0 Å². The number of aromatic nitrogens is 1. The molecule has 1 aliphatic carbocycles. The monoisotopic (exact) mass is 297 g/mol. The van der Waals surface area contributed by atoms with Crippen molar-refractivity contribution in [2.24, 2.45) is 0 Å². The lowest BCUT2D eigenvalue weighted by molar-refractivity contribution is 0.104. The van der Waals surface area contributed by atoms with Gasteiger partial charge in [-0.3, -0.25) is 4.79 Å². The van der Waals surface area contributed by atoms with Crippen molar-refractivity contribution in [3.63, 3.8) is 0 Å². The highest BCUT2D eigenvalue weighted by molar-refractivity contribution is 9.10. The van der Waals surface area contributed by atoms with Gasteiger partial charge in [-0.1, -0.05) is 40.2 Å². The first-order valence-corrected chi connectivity index (χ1v) is 6.50. The summed E-state index contributed by atoms with van der Waals surface area (Å²) in [5.41, 5.74) is 4.68. The van der Waals surface area contributed by atoms with E-state index >= 15 is 0 Å². The molecule has 0 radical (unpaired) electrons. The van der Waals surface area contributed by atoms with Gasteiger partial charge in [-0.2, -0.15) is 0 Å². The normalized spacial score (nSPS) is 12.8. The number of carbonyl (C=O) groups excluding carboxylic acids is 1. The molecule has 0 unspecified atom stereocenters. The van der Waals surface area contributed by atoms with Crippen LogP contribution in [0.25, 0.3) is 22.0 Å². The smallest absolute Gasteiger partial charge is 0.194 e. The summed E-state index contributed by atoms with van der Waals surface area (Å²) in [6.45, 7) is 0. The lowest BCUT2D eigenvalue weighted by atomic mass is 9.86. The fourth-order valence-corrected chi connectivity index (χ4v) is 3.14. The van der Waals surface area contributed by atoms with E-state index in [1.165, 1.54) is 0 Å². The second kappa shape index (κ2) is 3.33. The number of fused-ring (bicyclic) bond motifs is 2. The Balaban J connectivity index is 2.25. The van der Waals surface area contributed by atoms with Crippen molar-refractivity contribution in [1.82, 2.24) is 4.98 Å². The number of hydrogen-bond acceptors (Lipinski definition) is 1. The molecule has 1 heterocycles. The first-order chi connectivity index (χ1) is 8.75. The molecule has 0 bridgehead atoms. The molecule has 3 heteroatoms. The molecule has 0 fully saturated rings. The molecule has 18 heavy (non-hydrogen) atoms. The third-order valence-corrected chi connectivity index (χ3v) is 3.91. The van der Waals surface area contributed by atoms with Gasteiger partial charge in [0.15, 0.2) is 5.78 Å². The van der Waals surface area contributed by atoms with Crippen molar-refractivity contribution in [3.8, 4) is 11.1 Å². The van der Waals surface area contributed by atoms with Crippen molar-refractivity contribution >= 4 is 32.6 Å². The van der Waals surface area contributed by atoms with Crippen LogP contribution in [0.15, 0.2) is 47.1 Å². The number of H-pyrrole nitrogens is 1. The summed E-state index contributed by atoms with van der Waals surface area (Å²) < 4.78 is 0.922. The highest BCUT2D eigenvalue weighted by Gasteiger charge is 2.25. The largest absolute Gasteiger partial charge is 0.360 e. The zero-order valence-corrected chi connectivity index (χ0v) is 10.9. The average Bonchev–Trinajstić information content (AvgIpc) is 2.80. The molecule has 1 aromatic heterocycles. The number of hydrogen-bond donors (Lipinski definition) is 1. The van der Waals surface area contributed by atoms with Gasteiger partial charge in [0.2, 0.25) is 0 Å². The maximum absolute atomic E-state index is 12.5. The van der Waals surface area contributed by atoms with Crippen molar-refractivity contribution in [1.29, 1.82) is 0 Å². The first kappa shape index (κ1) is 10.1. The lowest BCUT2D eigenvalue weighted by Crippen LogP contribution is -2.08. The molecule has 2 nitrogen and oxygen atoms in total. The van der Waals surface area contributed by atoms with Crippen LogP contribution in [0.4, 0.5) is 0 Å². The minimum Gasteiger partial charge on any atom is -0.360 e. The van der Waals surface area contributed by atoms with Crippen molar-refractivity contribution in [3.05, 3.63) is 58.2 Å². The van der Waals surface area contributed by atoms with Crippen LogP contribution >= 0.6 is 15.9 Å². The summed E-state index contributed by atoms with van der Waals surface area (Å²) >= 11 is 3.45. The van der Waals surface area contributed by atoms with Gasteiger partial charge in [-0.25, -0.2) is 0 Å². The van der Waals surface area contributed by atoms with Gasteiger partial charge in [0.1, 0.15) is 0 Å². The molecule has 1 aliphatic rings. The van der Waals surface area contributed by atoms with Gasteiger partial charge in [-0.15, -0.1) is 0 Å². The van der Waals surface area contributed by atoms with Gasteiger partial charge in [0.05, 0.1) is 0 Å². The summed E-state index contributed by atoms with van der Waals surface area (Å²) in [7, 11) is 0. The summed E-state index contributed by atoms with van der Waals surface area (Å²) in [5.74, 6) is 0.101. The van der Waals surface area contributed by atoms with Gasteiger partial charge >= 0.3 is 0 Å². The summed E-state index contributed by atoms with van der Waals surface area (Å²) in [4.78, 5) is 15.7. The fraction of sp³-hybridized carbons (Fsp3) is 0. The molecule has 0 aliphatic heterocycles. The van der Waals surface area contributed by atoms with E-state index in [2.05, 4.69) is 20.9 Å². The Bertz CT molecular complexity index is 816. The Hall–Kier alpha value is -1.87. The summed E-state index contributed by atoms with van der Waals surface area (Å²) in [5, 5.41) is 1.03. The molecule has 3 aromatic rings. The molecule has 1 N–H and O–H groups in total. The average molecular weight is 298 g/mol. The van der Waals surface area contributed by atoms with E-state index in [-0.39, 0.29) is 5.78 Å². The second-order valence-corrected chi connectivity index (χ2v) is 5.37. The Morgan fingerprint density at radius 1 is 0.944 bits per heavy atom. The van der Waals surface area contributed by atoms with E-state index in [0.29, 0.717) is 0 Å². The molecule has 0 atom stereocenters. The zero-order valence-electron chi connectivity index (χ0n) is 9.33. The fourth-order valence-electron chi connectivity index (χ4n) is 2.69. The second-order valence-electron chi connectivity index (χ2n) is 4.45. The van der Waals surface area contributed by atoms with Crippen LogP contribution in [0.2, 0.25) is 0 Å². The molecule has 0 saturated carbocycles. The van der Waals surface area contributed by atoms with Gasteiger partial charge < -0.3 is 4.98 Å². The van der Waals surface area contributed by atoms with Crippen LogP contribution in [0.5, 0.6) is 0 Å².